The van der Waals surface area contributed by atoms with E-state index >= 15 is 0 Å². The Balaban J connectivity index is 3.21. The molecule has 6 heteroatoms. The van der Waals surface area contributed by atoms with Gasteiger partial charge in [0.1, 0.15) is 0 Å². The maximum Gasteiger partial charge on any atom is 0.234 e. The Bertz CT molecular complexity index is 229. The van der Waals surface area contributed by atoms with Crippen LogP contribution in [0.5, 0.6) is 0 Å². The second kappa shape index (κ2) is 11.2. The highest BCUT2D eigenvalue weighted by Gasteiger charge is 2.12. The number of hydrogen-bond donors (Lipinski definition) is 2. The van der Waals surface area contributed by atoms with E-state index in [4.69, 9.17) is 14.2 Å². The lowest BCUT2D eigenvalue weighted by Gasteiger charge is -2.20. The van der Waals surface area contributed by atoms with Crippen molar-refractivity contribution >= 4 is 5.91 Å². The van der Waals surface area contributed by atoms with Crippen molar-refractivity contribution < 1.29 is 19.0 Å². The number of nitrogens with one attached hydrogen (secondary N) is 2. The molecule has 0 spiro atoms. The van der Waals surface area contributed by atoms with Gasteiger partial charge in [0.15, 0.2) is 0 Å². The Labute approximate surface area is 116 Å². The molecule has 0 aliphatic rings. The lowest BCUT2D eigenvalue weighted by atomic mass is 10.1. The summed E-state index contributed by atoms with van der Waals surface area (Å²) in [4.78, 5) is 11.4. The van der Waals surface area contributed by atoms with Crippen LogP contribution in [-0.2, 0) is 19.0 Å². The van der Waals surface area contributed by atoms with Crippen LogP contribution in [0, 0.1) is 0 Å². The van der Waals surface area contributed by atoms with E-state index in [1.807, 2.05) is 20.8 Å². The fourth-order valence-electron chi connectivity index (χ4n) is 1.27. The molecule has 0 aromatic carbocycles. The molecule has 6 nitrogen and oxygen atoms in total. The third kappa shape index (κ3) is 15.3. The van der Waals surface area contributed by atoms with Crippen LogP contribution < -0.4 is 10.6 Å². The van der Waals surface area contributed by atoms with Gasteiger partial charge in [0.05, 0.1) is 39.6 Å². The van der Waals surface area contributed by atoms with Crippen LogP contribution in [0.2, 0.25) is 0 Å². The van der Waals surface area contributed by atoms with Crippen molar-refractivity contribution in [3.63, 3.8) is 0 Å². The maximum absolute atomic E-state index is 11.4. The molecule has 0 saturated carbocycles. The van der Waals surface area contributed by atoms with Crippen LogP contribution in [0.1, 0.15) is 20.8 Å². The topological polar surface area (TPSA) is 68.8 Å². The Morgan fingerprint density at radius 3 is 2.16 bits per heavy atom. The van der Waals surface area contributed by atoms with Gasteiger partial charge in [-0.1, -0.05) is 0 Å². The molecule has 0 rings (SSSR count). The van der Waals surface area contributed by atoms with Gasteiger partial charge in [0.2, 0.25) is 5.91 Å². The third-order valence-corrected chi connectivity index (χ3v) is 2.03. The van der Waals surface area contributed by atoms with Gasteiger partial charge in [-0.25, -0.2) is 0 Å². The molecule has 0 heterocycles. The molecule has 0 atom stereocenters. The highest BCUT2D eigenvalue weighted by molar-refractivity contribution is 5.78. The quantitative estimate of drug-likeness (QED) is 0.527. The largest absolute Gasteiger partial charge is 0.382 e. The van der Waals surface area contributed by atoms with E-state index < -0.39 is 0 Å². The number of amides is 1. The van der Waals surface area contributed by atoms with Crippen LogP contribution in [0.25, 0.3) is 0 Å². The summed E-state index contributed by atoms with van der Waals surface area (Å²) in [5.41, 5.74) is -0.186. The minimum atomic E-state index is -0.186. The second-order valence-electron chi connectivity index (χ2n) is 5.19. The molecule has 0 aromatic rings. The standard InChI is InChI=1S/C13H28N2O4/c1-13(2,3)15-12(16)11-14-5-6-18-9-10-19-8-7-17-4/h14H,5-11H2,1-4H3,(H,15,16). The van der Waals surface area contributed by atoms with Gasteiger partial charge in [-0.15, -0.1) is 0 Å². The summed E-state index contributed by atoms with van der Waals surface area (Å²) >= 11 is 0. The summed E-state index contributed by atoms with van der Waals surface area (Å²) in [6.07, 6.45) is 0. The van der Waals surface area contributed by atoms with Crippen LogP contribution >= 0.6 is 0 Å². The van der Waals surface area contributed by atoms with E-state index in [0.717, 1.165) is 0 Å². The summed E-state index contributed by atoms with van der Waals surface area (Å²) < 4.78 is 15.4. The molecular formula is C13H28N2O4. The zero-order chi connectivity index (χ0) is 14.6. The van der Waals surface area contributed by atoms with Crippen molar-refractivity contribution in [2.45, 2.75) is 26.3 Å². The van der Waals surface area contributed by atoms with Crippen LogP contribution in [-0.4, -0.2) is 64.7 Å². The van der Waals surface area contributed by atoms with Gasteiger partial charge in [-0.2, -0.15) is 0 Å². The molecule has 19 heavy (non-hydrogen) atoms. The lowest BCUT2D eigenvalue weighted by Crippen LogP contribution is -2.45. The molecule has 2 N–H and O–H groups in total. The van der Waals surface area contributed by atoms with Gasteiger partial charge < -0.3 is 24.8 Å². The van der Waals surface area contributed by atoms with Crippen molar-refractivity contribution in [2.24, 2.45) is 0 Å². The SMILES string of the molecule is COCCOCCOCCNCC(=O)NC(C)(C)C. The van der Waals surface area contributed by atoms with Crippen LogP contribution in [0.15, 0.2) is 0 Å². The van der Waals surface area contributed by atoms with E-state index in [1.54, 1.807) is 7.11 Å². The van der Waals surface area contributed by atoms with E-state index in [0.29, 0.717) is 46.1 Å². The third-order valence-electron chi connectivity index (χ3n) is 2.03. The molecule has 0 aliphatic carbocycles. The first kappa shape index (κ1) is 18.3. The lowest BCUT2D eigenvalue weighted by molar-refractivity contribution is -0.121. The average molecular weight is 276 g/mol. The van der Waals surface area contributed by atoms with Crippen LogP contribution in [0.3, 0.4) is 0 Å². The number of rotatable bonds is 11. The summed E-state index contributed by atoms with van der Waals surface area (Å²) in [6.45, 7) is 9.70. The Hall–Kier alpha value is -0.690. The predicted molar refractivity (Wildman–Crippen MR) is 74.3 cm³/mol. The molecule has 114 valence electrons. The molecule has 0 fully saturated rings. The van der Waals surface area contributed by atoms with E-state index in [2.05, 4.69) is 10.6 Å². The van der Waals surface area contributed by atoms with E-state index in [1.165, 1.54) is 0 Å². The maximum atomic E-state index is 11.4. The normalized spacial score (nSPS) is 11.6. The Morgan fingerprint density at radius 1 is 1.00 bits per heavy atom. The fourth-order valence-corrected chi connectivity index (χ4v) is 1.27. The zero-order valence-corrected chi connectivity index (χ0v) is 12.6. The first-order chi connectivity index (χ1) is 8.95. The molecule has 1 amide bonds. The summed E-state index contributed by atoms with van der Waals surface area (Å²) in [7, 11) is 1.64. The average Bonchev–Trinajstić information content (AvgIpc) is 2.29. The number of methoxy groups -OCH3 is 1. The zero-order valence-electron chi connectivity index (χ0n) is 12.6. The highest BCUT2D eigenvalue weighted by atomic mass is 16.5. The van der Waals surface area contributed by atoms with Gasteiger partial charge >= 0.3 is 0 Å². The van der Waals surface area contributed by atoms with Crippen LogP contribution in [0.4, 0.5) is 0 Å². The minimum absolute atomic E-state index is 0.00426. The van der Waals surface area contributed by atoms with Crippen molar-refractivity contribution in [3.05, 3.63) is 0 Å². The molecule has 0 unspecified atom stereocenters. The summed E-state index contributed by atoms with van der Waals surface area (Å²) in [5.74, 6) is -0.00426. The molecule has 0 aromatic heterocycles. The number of carbonyl (C=O) groups is 1. The molecule has 0 aliphatic heterocycles. The molecule has 0 radical (unpaired) electrons. The van der Waals surface area contributed by atoms with Gasteiger partial charge in [-0.3, -0.25) is 4.79 Å². The highest BCUT2D eigenvalue weighted by Crippen LogP contribution is 1.96. The Morgan fingerprint density at radius 2 is 1.58 bits per heavy atom. The van der Waals surface area contributed by atoms with Crippen molar-refractivity contribution in [1.29, 1.82) is 0 Å². The van der Waals surface area contributed by atoms with Crippen molar-refractivity contribution in [1.82, 2.24) is 10.6 Å². The fraction of sp³-hybridized carbons (Fsp3) is 0.923. The Kier molecular flexibility index (Phi) is 10.8. The first-order valence-corrected chi connectivity index (χ1v) is 6.62. The summed E-state index contributed by atoms with van der Waals surface area (Å²) in [6, 6.07) is 0. The first-order valence-electron chi connectivity index (χ1n) is 6.62. The van der Waals surface area contributed by atoms with Gasteiger partial charge in [-0.05, 0) is 20.8 Å². The second-order valence-corrected chi connectivity index (χ2v) is 5.19. The van der Waals surface area contributed by atoms with E-state index in [-0.39, 0.29) is 11.4 Å². The molecule has 0 bridgehead atoms. The van der Waals surface area contributed by atoms with Gasteiger partial charge in [0.25, 0.3) is 0 Å². The number of carbonyl (C=O) groups excluding carboxylic acids is 1. The predicted octanol–water partition coefficient (Wildman–Crippen LogP) is 0.170. The van der Waals surface area contributed by atoms with Crippen molar-refractivity contribution in [3.8, 4) is 0 Å². The molecule has 0 saturated heterocycles. The monoisotopic (exact) mass is 276 g/mol. The summed E-state index contributed by atoms with van der Waals surface area (Å²) in [5, 5.41) is 5.90. The van der Waals surface area contributed by atoms with E-state index in [9.17, 15) is 4.79 Å². The minimum Gasteiger partial charge on any atom is -0.382 e. The number of hydrogen-bond acceptors (Lipinski definition) is 5. The number of ether oxygens (including phenoxy) is 3. The van der Waals surface area contributed by atoms with Gasteiger partial charge in [0, 0.05) is 19.2 Å². The van der Waals surface area contributed by atoms with Crippen molar-refractivity contribution in [2.75, 3.05) is 53.2 Å². The smallest absolute Gasteiger partial charge is 0.234 e. The molecular weight excluding hydrogens is 248 g/mol.